The van der Waals surface area contributed by atoms with E-state index in [1.165, 1.54) is 0 Å². The van der Waals surface area contributed by atoms with Crippen molar-refractivity contribution < 1.29 is 9.53 Å². The van der Waals surface area contributed by atoms with Crippen LogP contribution in [0.15, 0.2) is 18.2 Å². The fraction of sp³-hybridized carbons (Fsp3) is 0.500. The Morgan fingerprint density at radius 1 is 1.39 bits per heavy atom. The Morgan fingerprint density at radius 3 is 2.67 bits per heavy atom. The van der Waals surface area contributed by atoms with Crippen LogP contribution < -0.4 is 15.4 Å². The molecule has 0 saturated heterocycles. The Labute approximate surface area is 109 Å². The summed E-state index contributed by atoms with van der Waals surface area (Å²) in [6.07, 6.45) is 0. The second-order valence-corrected chi connectivity index (χ2v) is 4.74. The third kappa shape index (κ3) is 4.65. The summed E-state index contributed by atoms with van der Waals surface area (Å²) in [4.78, 5) is 11.5. The first-order chi connectivity index (χ1) is 8.52. The van der Waals surface area contributed by atoms with Gasteiger partial charge in [-0.3, -0.25) is 4.79 Å². The molecule has 0 radical (unpaired) electrons. The SMILES string of the molecule is COc1ccc(NCC(=O)NCC(C)C)cc1C. The first-order valence-electron chi connectivity index (χ1n) is 6.18. The minimum atomic E-state index is 0.0113. The summed E-state index contributed by atoms with van der Waals surface area (Å²) in [6.45, 7) is 7.12. The largest absolute Gasteiger partial charge is 0.496 e. The molecule has 0 aliphatic rings. The van der Waals surface area contributed by atoms with Crippen molar-refractivity contribution in [2.24, 2.45) is 5.92 Å². The smallest absolute Gasteiger partial charge is 0.239 e. The van der Waals surface area contributed by atoms with Crippen LogP contribution >= 0.6 is 0 Å². The molecule has 1 amide bonds. The molecule has 1 aromatic rings. The lowest BCUT2D eigenvalue weighted by atomic mass is 10.2. The number of ether oxygens (including phenoxy) is 1. The summed E-state index contributed by atoms with van der Waals surface area (Å²) >= 11 is 0. The first kappa shape index (κ1) is 14.4. The van der Waals surface area contributed by atoms with E-state index in [9.17, 15) is 4.79 Å². The van der Waals surface area contributed by atoms with Crippen LogP contribution in [0.5, 0.6) is 5.75 Å². The molecule has 4 heteroatoms. The van der Waals surface area contributed by atoms with Gasteiger partial charge in [0.1, 0.15) is 5.75 Å². The van der Waals surface area contributed by atoms with Gasteiger partial charge in [-0.15, -0.1) is 0 Å². The minimum absolute atomic E-state index is 0.0113. The number of carbonyl (C=O) groups excluding carboxylic acids is 1. The van der Waals surface area contributed by atoms with Gasteiger partial charge in [-0.2, -0.15) is 0 Å². The molecule has 0 bridgehead atoms. The average Bonchev–Trinajstić information content (AvgIpc) is 2.34. The van der Waals surface area contributed by atoms with E-state index in [1.54, 1.807) is 7.11 Å². The maximum atomic E-state index is 11.5. The molecule has 0 atom stereocenters. The molecule has 0 spiro atoms. The van der Waals surface area contributed by atoms with Crippen LogP contribution in [0.25, 0.3) is 0 Å². The Kier molecular flexibility index (Phi) is 5.49. The zero-order valence-electron chi connectivity index (χ0n) is 11.5. The number of benzene rings is 1. The molecule has 0 saturated carbocycles. The van der Waals surface area contributed by atoms with Gasteiger partial charge < -0.3 is 15.4 Å². The van der Waals surface area contributed by atoms with Crippen molar-refractivity contribution in [3.05, 3.63) is 23.8 Å². The third-order valence-corrected chi connectivity index (χ3v) is 2.56. The van der Waals surface area contributed by atoms with Crippen molar-refractivity contribution in [1.29, 1.82) is 0 Å². The maximum absolute atomic E-state index is 11.5. The van der Waals surface area contributed by atoms with E-state index in [2.05, 4.69) is 24.5 Å². The van der Waals surface area contributed by atoms with E-state index in [0.717, 1.165) is 17.0 Å². The Hall–Kier alpha value is -1.71. The molecular weight excluding hydrogens is 228 g/mol. The van der Waals surface area contributed by atoms with Crippen LogP contribution in [-0.2, 0) is 4.79 Å². The van der Waals surface area contributed by atoms with E-state index in [0.29, 0.717) is 19.0 Å². The van der Waals surface area contributed by atoms with Crippen molar-refractivity contribution in [3.63, 3.8) is 0 Å². The minimum Gasteiger partial charge on any atom is -0.496 e. The fourth-order valence-corrected chi connectivity index (χ4v) is 1.55. The number of anilines is 1. The Morgan fingerprint density at radius 2 is 2.11 bits per heavy atom. The quantitative estimate of drug-likeness (QED) is 0.813. The summed E-state index contributed by atoms with van der Waals surface area (Å²) < 4.78 is 5.18. The number of methoxy groups -OCH3 is 1. The number of hydrogen-bond acceptors (Lipinski definition) is 3. The maximum Gasteiger partial charge on any atom is 0.239 e. The van der Waals surface area contributed by atoms with Crippen LogP contribution in [0.1, 0.15) is 19.4 Å². The zero-order valence-corrected chi connectivity index (χ0v) is 11.5. The highest BCUT2D eigenvalue weighted by Gasteiger charge is 2.03. The van der Waals surface area contributed by atoms with E-state index < -0.39 is 0 Å². The lowest BCUT2D eigenvalue weighted by Gasteiger charge is -2.11. The molecule has 0 aromatic heterocycles. The van der Waals surface area contributed by atoms with Gasteiger partial charge in [0.05, 0.1) is 13.7 Å². The van der Waals surface area contributed by atoms with Crippen LogP contribution in [0.4, 0.5) is 5.69 Å². The van der Waals surface area contributed by atoms with Crippen LogP contribution in [0, 0.1) is 12.8 Å². The standard InChI is InChI=1S/C14H22N2O2/c1-10(2)8-16-14(17)9-15-12-5-6-13(18-4)11(3)7-12/h5-7,10,15H,8-9H2,1-4H3,(H,16,17). The summed E-state index contributed by atoms with van der Waals surface area (Å²) in [7, 11) is 1.65. The number of amides is 1. The van der Waals surface area contributed by atoms with Gasteiger partial charge in [0, 0.05) is 12.2 Å². The second-order valence-electron chi connectivity index (χ2n) is 4.74. The van der Waals surface area contributed by atoms with E-state index in [-0.39, 0.29) is 5.91 Å². The fourth-order valence-electron chi connectivity index (χ4n) is 1.55. The van der Waals surface area contributed by atoms with Crippen molar-refractivity contribution in [3.8, 4) is 5.75 Å². The van der Waals surface area contributed by atoms with Crippen molar-refractivity contribution in [1.82, 2.24) is 5.32 Å². The van der Waals surface area contributed by atoms with Gasteiger partial charge in [0.2, 0.25) is 5.91 Å². The first-order valence-corrected chi connectivity index (χ1v) is 6.18. The lowest BCUT2D eigenvalue weighted by molar-refractivity contribution is -0.119. The molecule has 0 aliphatic heterocycles. The Bertz CT molecular complexity index is 403. The van der Waals surface area contributed by atoms with Gasteiger partial charge in [-0.1, -0.05) is 13.8 Å². The molecule has 4 nitrogen and oxygen atoms in total. The van der Waals surface area contributed by atoms with Crippen LogP contribution in [0.2, 0.25) is 0 Å². The van der Waals surface area contributed by atoms with E-state index >= 15 is 0 Å². The van der Waals surface area contributed by atoms with Gasteiger partial charge in [0.15, 0.2) is 0 Å². The van der Waals surface area contributed by atoms with Crippen molar-refractivity contribution >= 4 is 11.6 Å². The molecule has 0 aliphatic carbocycles. The number of aryl methyl sites for hydroxylation is 1. The van der Waals surface area contributed by atoms with Crippen molar-refractivity contribution in [2.45, 2.75) is 20.8 Å². The van der Waals surface area contributed by atoms with Gasteiger partial charge in [0.25, 0.3) is 0 Å². The zero-order chi connectivity index (χ0) is 13.5. The molecular formula is C14H22N2O2. The number of rotatable bonds is 6. The summed E-state index contributed by atoms with van der Waals surface area (Å²) in [5.41, 5.74) is 1.97. The highest BCUT2D eigenvalue weighted by Crippen LogP contribution is 2.20. The molecule has 0 unspecified atom stereocenters. The molecule has 0 fully saturated rings. The molecule has 18 heavy (non-hydrogen) atoms. The highest BCUT2D eigenvalue weighted by atomic mass is 16.5. The van der Waals surface area contributed by atoms with E-state index in [4.69, 9.17) is 4.74 Å². The highest BCUT2D eigenvalue weighted by molar-refractivity contribution is 5.80. The normalized spacial score (nSPS) is 10.3. The predicted molar refractivity (Wildman–Crippen MR) is 74.1 cm³/mol. The monoisotopic (exact) mass is 250 g/mol. The topological polar surface area (TPSA) is 50.4 Å². The third-order valence-electron chi connectivity index (χ3n) is 2.56. The average molecular weight is 250 g/mol. The summed E-state index contributed by atoms with van der Waals surface area (Å²) in [5, 5.41) is 5.96. The number of hydrogen-bond donors (Lipinski definition) is 2. The molecule has 1 aromatic carbocycles. The molecule has 100 valence electrons. The second kappa shape index (κ2) is 6.89. The van der Waals surface area contributed by atoms with Crippen molar-refractivity contribution in [2.75, 3.05) is 25.5 Å². The van der Waals surface area contributed by atoms with Gasteiger partial charge >= 0.3 is 0 Å². The van der Waals surface area contributed by atoms with Gasteiger partial charge in [-0.25, -0.2) is 0 Å². The number of carbonyl (C=O) groups is 1. The molecule has 2 N–H and O–H groups in total. The summed E-state index contributed by atoms with van der Waals surface area (Å²) in [6, 6.07) is 5.76. The predicted octanol–water partition coefficient (Wildman–Crippen LogP) is 2.19. The molecule has 1 rings (SSSR count). The van der Waals surface area contributed by atoms with E-state index in [1.807, 2.05) is 25.1 Å². The van der Waals surface area contributed by atoms with Gasteiger partial charge in [-0.05, 0) is 36.6 Å². The van der Waals surface area contributed by atoms with Crippen LogP contribution in [-0.4, -0.2) is 26.1 Å². The lowest BCUT2D eigenvalue weighted by Crippen LogP contribution is -2.32. The summed E-state index contributed by atoms with van der Waals surface area (Å²) in [5.74, 6) is 1.33. The Balaban J connectivity index is 2.43. The van der Waals surface area contributed by atoms with Crippen LogP contribution in [0.3, 0.4) is 0 Å². The molecule has 0 heterocycles. The number of nitrogens with one attached hydrogen (secondary N) is 2.